The first-order valence-electron chi connectivity index (χ1n) is 3.15. The number of nitroso groups, excluding NO2 is 1. The Hall–Kier alpha value is -0.560. The Morgan fingerprint density at radius 1 is 1.36 bits per heavy atom. The smallest absolute Gasteiger partial charge is 0.183 e. The Kier molecular flexibility index (Phi) is 2.50. The highest BCUT2D eigenvalue weighted by Crippen LogP contribution is 2.16. The molecule has 11 heavy (non-hydrogen) atoms. The summed E-state index contributed by atoms with van der Waals surface area (Å²) < 4.78 is 4.52. The van der Waals surface area contributed by atoms with Gasteiger partial charge in [-0.2, -0.15) is 4.91 Å². The zero-order valence-corrected chi connectivity index (χ0v) is 5.62. The van der Waals surface area contributed by atoms with Crippen molar-refractivity contribution in [2.45, 2.75) is 24.5 Å². The van der Waals surface area contributed by atoms with E-state index in [0.717, 1.165) is 0 Å². The summed E-state index contributed by atoms with van der Waals surface area (Å²) in [6, 6.07) is -1.29. The second-order valence-corrected chi connectivity index (χ2v) is 2.38. The zero-order valence-electron chi connectivity index (χ0n) is 5.62. The van der Waals surface area contributed by atoms with Gasteiger partial charge in [-0.3, -0.25) is 0 Å². The number of rotatable bonds is 1. The Morgan fingerprint density at radius 3 is 2.45 bits per heavy atom. The maximum atomic E-state index is 9.97. The van der Waals surface area contributed by atoms with Crippen molar-refractivity contribution in [1.29, 1.82) is 0 Å². The largest absolute Gasteiger partial charge is 0.388 e. The van der Waals surface area contributed by atoms with E-state index in [4.69, 9.17) is 15.3 Å². The van der Waals surface area contributed by atoms with Crippen molar-refractivity contribution in [3.63, 3.8) is 0 Å². The summed E-state index contributed by atoms with van der Waals surface area (Å²) in [5.74, 6) is 0. The van der Waals surface area contributed by atoms with E-state index in [9.17, 15) is 4.91 Å². The summed E-state index contributed by atoms with van der Waals surface area (Å²) in [5, 5.41) is 29.2. The van der Waals surface area contributed by atoms with Gasteiger partial charge in [-0.25, -0.2) is 0 Å². The molecule has 0 bridgehead atoms. The maximum absolute atomic E-state index is 9.97. The molecule has 4 atom stereocenters. The third-order valence-corrected chi connectivity index (χ3v) is 1.60. The number of aliphatic hydroxyl groups is 3. The lowest BCUT2D eigenvalue weighted by molar-refractivity contribution is -0.204. The Labute approximate surface area is 62.4 Å². The quantitative estimate of drug-likeness (QED) is 0.396. The molecule has 0 aromatic carbocycles. The first-order chi connectivity index (χ1) is 5.16. The van der Waals surface area contributed by atoms with Crippen molar-refractivity contribution in [3.05, 3.63) is 4.91 Å². The molecule has 3 N–H and O–H groups in total. The average molecular weight is 163 g/mol. The zero-order chi connectivity index (χ0) is 8.43. The molecule has 64 valence electrons. The molecule has 2 unspecified atom stereocenters. The predicted molar refractivity (Wildman–Crippen MR) is 33.6 cm³/mol. The summed E-state index contributed by atoms with van der Waals surface area (Å²) in [6.45, 7) is -0.186. The number of hydrogen-bond acceptors (Lipinski definition) is 6. The van der Waals surface area contributed by atoms with Gasteiger partial charge < -0.3 is 20.1 Å². The molecule has 1 saturated heterocycles. The molecule has 0 amide bonds. The van der Waals surface area contributed by atoms with Crippen molar-refractivity contribution in [3.8, 4) is 0 Å². The summed E-state index contributed by atoms with van der Waals surface area (Å²) in [7, 11) is 0. The number of aliphatic hydroxyl groups excluding tert-OH is 3. The van der Waals surface area contributed by atoms with E-state index in [0.29, 0.717) is 0 Å². The lowest BCUT2D eigenvalue weighted by Gasteiger charge is -2.30. The summed E-state index contributed by atoms with van der Waals surface area (Å²) in [5.41, 5.74) is 0. The maximum Gasteiger partial charge on any atom is 0.183 e. The van der Waals surface area contributed by atoms with Crippen LogP contribution in [0.2, 0.25) is 0 Å². The van der Waals surface area contributed by atoms with Gasteiger partial charge in [0, 0.05) is 0 Å². The monoisotopic (exact) mass is 163 g/mol. The third kappa shape index (κ3) is 1.54. The van der Waals surface area contributed by atoms with Gasteiger partial charge in [0.05, 0.1) is 6.61 Å². The molecule has 1 fully saturated rings. The number of nitrogens with zero attached hydrogens (tertiary/aromatic N) is 1. The molecule has 0 aliphatic carbocycles. The standard InChI is InChI=1S/C5H9NO5/c7-2-1-11-5(9)3(6-10)4(2)8/h2-5,7-9H,1H2/t2-,3?,4?,5+/m1/s1. The van der Waals surface area contributed by atoms with Crippen LogP contribution in [-0.2, 0) is 4.74 Å². The molecule has 0 saturated carbocycles. The van der Waals surface area contributed by atoms with Crippen LogP contribution in [-0.4, -0.2) is 46.5 Å². The van der Waals surface area contributed by atoms with Crippen molar-refractivity contribution in [2.75, 3.05) is 6.61 Å². The lowest BCUT2D eigenvalue weighted by atomic mass is 10.0. The van der Waals surface area contributed by atoms with Crippen LogP contribution in [0.15, 0.2) is 5.18 Å². The number of ether oxygens (including phenoxy) is 1. The molecule has 0 spiro atoms. The van der Waals surface area contributed by atoms with Gasteiger partial charge in [0.1, 0.15) is 12.2 Å². The van der Waals surface area contributed by atoms with Gasteiger partial charge in [-0.05, 0) is 0 Å². The van der Waals surface area contributed by atoms with Crippen molar-refractivity contribution in [2.24, 2.45) is 5.18 Å². The normalized spacial score (nSPS) is 45.4. The van der Waals surface area contributed by atoms with E-state index in [1.165, 1.54) is 0 Å². The van der Waals surface area contributed by atoms with E-state index in [-0.39, 0.29) is 6.61 Å². The lowest BCUT2D eigenvalue weighted by Crippen LogP contribution is -2.51. The van der Waals surface area contributed by atoms with Crippen LogP contribution in [0, 0.1) is 4.91 Å². The molecule has 6 nitrogen and oxygen atoms in total. The highest BCUT2D eigenvalue weighted by Gasteiger charge is 2.38. The fraction of sp³-hybridized carbons (Fsp3) is 1.00. The highest BCUT2D eigenvalue weighted by atomic mass is 16.6. The SMILES string of the molecule is O=NC1C(O)[C@H](O)CO[C@@H]1O. The Balaban J connectivity index is 2.62. The topological polar surface area (TPSA) is 99.4 Å². The van der Waals surface area contributed by atoms with Gasteiger partial charge >= 0.3 is 0 Å². The van der Waals surface area contributed by atoms with E-state index in [2.05, 4.69) is 9.91 Å². The minimum Gasteiger partial charge on any atom is -0.388 e. The number of hydrogen-bond donors (Lipinski definition) is 3. The van der Waals surface area contributed by atoms with Crippen LogP contribution >= 0.6 is 0 Å². The second kappa shape index (κ2) is 3.22. The van der Waals surface area contributed by atoms with Gasteiger partial charge in [-0.15, -0.1) is 0 Å². The van der Waals surface area contributed by atoms with E-state index in [1.807, 2.05) is 0 Å². The van der Waals surface area contributed by atoms with E-state index in [1.54, 1.807) is 0 Å². The fourth-order valence-electron chi connectivity index (χ4n) is 0.905. The third-order valence-electron chi connectivity index (χ3n) is 1.60. The molecule has 0 radical (unpaired) electrons. The predicted octanol–water partition coefficient (Wildman–Crippen LogP) is -1.81. The molecule has 1 aliphatic heterocycles. The van der Waals surface area contributed by atoms with Crippen LogP contribution in [0.3, 0.4) is 0 Å². The minimum atomic E-state index is -1.41. The van der Waals surface area contributed by atoms with Crippen LogP contribution in [0.5, 0.6) is 0 Å². The second-order valence-electron chi connectivity index (χ2n) is 2.38. The van der Waals surface area contributed by atoms with Crippen molar-refractivity contribution in [1.82, 2.24) is 0 Å². The molecule has 1 aliphatic rings. The van der Waals surface area contributed by atoms with Crippen LogP contribution in [0.4, 0.5) is 0 Å². The molecular formula is C5H9NO5. The molecule has 1 rings (SSSR count). The minimum absolute atomic E-state index is 0.186. The van der Waals surface area contributed by atoms with Gasteiger partial charge in [-0.1, -0.05) is 5.18 Å². The van der Waals surface area contributed by atoms with Gasteiger partial charge in [0.25, 0.3) is 0 Å². The first kappa shape index (κ1) is 8.54. The van der Waals surface area contributed by atoms with Crippen molar-refractivity contribution >= 4 is 0 Å². The van der Waals surface area contributed by atoms with Crippen LogP contribution < -0.4 is 0 Å². The van der Waals surface area contributed by atoms with E-state index >= 15 is 0 Å². The summed E-state index contributed by atoms with van der Waals surface area (Å²) in [6.07, 6.45) is -3.90. The first-order valence-corrected chi connectivity index (χ1v) is 3.15. The molecule has 1 heterocycles. The summed E-state index contributed by atoms with van der Waals surface area (Å²) >= 11 is 0. The van der Waals surface area contributed by atoms with E-state index < -0.39 is 24.5 Å². The average Bonchev–Trinajstić information content (AvgIpc) is 1.99. The Morgan fingerprint density at radius 2 is 2.00 bits per heavy atom. The molecule has 0 aromatic heterocycles. The Bertz CT molecular complexity index is 152. The molecule has 0 aromatic rings. The van der Waals surface area contributed by atoms with Gasteiger partial charge in [0.2, 0.25) is 0 Å². The highest BCUT2D eigenvalue weighted by molar-refractivity contribution is 4.87. The van der Waals surface area contributed by atoms with Gasteiger partial charge in [0.15, 0.2) is 12.3 Å². The molecular weight excluding hydrogens is 154 g/mol. The van der Waals surface area contributed by atoms with Crippen LogP contribution in [0.25, 0.3) is 0 Å². The van der Waals surface area contributed by atoms with Crippen molar-refractivity contribution < 1.29 is 20.1 Å². The summed E-state index contributed by atoms with van der Waals surface area (Å²) in [4.78, 5) is 9.97. The molecule has 6 heteroatoms. The van der Waals surface area contributed by atoms with Crippen LogP contribution in [0.1, 0.15) is 0 Å². The fourth-order valence-corrected chi connectivity index (χ4v) is 0.905.